The van der Waals surface area contributed by atoms with Crippen molar-refractivity contribution in [1.82, 2.24) is 4.98 Å². The minimum Gasteiger partial charge on any atom is -0.387 e. The lowest BCUT2D eigenvalue weighted by Crippen LogP contribution is -2.09. The van der Waals surface area contributed by atoms with Gasteiger partial charge < -0.3 is 5.11 Å². The van der Waals surface area contributed by atoms with Crippen molar-refractivity contribution in [2.24, 2.45) is 0 Å². The number of alkyl halides is 3. The Kier molecular flexibility index (Phi) is 4.92. The van der Waals surface area contributed by atoms with Gasteiger partial charge in [-0.1, -0.05) is 18.2 Å². The molecule has 6 heteroatoms. The molecule has 2 rings (SSSR count). The fourth-order valence-electron chi connectivity index (χ4n) is 2.00. The Morgan fingerprint density at radius 2 is 1.95 bits per heavy atom. The molecule has 0 saturated carbocycles. The van der Waals surface area contributed by atoms with E-state index in [1.807, 2.05) is 0 Å². The van der Waals surface area contributed by atoms with Crippen molar-refractivity contribution >= 4 is 5.78 Å². The van der Waals surface area contributed by atoms with Gasteiger partial charge in [-0.25, -0.2) is 0 Å². The number of rotatable bonds is 5. The van der Waals surface area contributed by atoms with E-state index in [4.69, 9.17) is 0 Å². The second kappa shape index (κ2) is 6.70. The van der Waals surface area contributed by atoms with Crippen LogP contribution in [0.1, 0.15) is 40.6 Å². The Bertz CT molecular complexity index is 641. The van der Waals surface area contributed by atoms with Crippen molar-refractivity contribution in [2.45, 2.75) is 25.1 Å². The summed E-state index contributed by atoms with van der Waals surface area (Å²) in [7, 11) is 0. The summed E-state index contributed by atoms with van der Waals surface area (Å²) in [4.78, 5) is 15.9. The normalized spacial score (nSPS) is 12.9. The fourth-order valence-corrected chi connectivity index (χ4v) is 2.00. The maximum absolute atomic E-state index is 12.6. The van der Waals surface area contributed by atoms with Crippen LogP contribution in [0.2, 0.25) is 0 Å². The van der Waals surface area contributed by atoms with E-state index in [1.165, 1.54) is 18.3 Å². The molecule has 1 N–H and O–H groups in total. The maximum Gasteiger partial charge on any atom is 0.416 e. The number of aromatic nitrogens is 1. The van der Waals surface area contributed by atoms with Crippen LogP contribution in [0.15, 0.2) is 48.7 Å². The number of nitrogens with zero attached hydrogens (tertiary/aromatic N) is 1. The summed E-state index contributed by atoms with van der Waals surface area (Å²) in [5.41, 5.74) is -0.439. The predicted octanol–water partition coefficient (Wildman–Crippen LogP) is 3.80. The fraction of sp³-hybridized carbons (Fsp3) is 0.250. The molecule has 116 valence electrons. The number of hydrogen-bond donors (Lipinski definition) is 1. The summed E-state index contributed by atoms with van der Waals surface area (Å²) >= 11 is 0. The third-order valence-electron chi connectivity index (χ3n) is 3.19. The van der Waals surface area contributed by atoms with Crippen LogP contribution in [-0.4, -0.2) is 15.9 Å². The van der Waals surface area contributed by atoms with Gasteiger partial charge in [-0.15, -0.1) is 0 Å². The van der Waals surface area contributed by atoms with E-state index < -0.39 is 23.6 Å². The minimum atomic E-state index is -4.48. The molecule has 2 aromatic rings. The Hall–Kier alpha value is -2.21. The number of carbonyl (C=O) groups excluding carboxylic acids is 1. The molecule has 0 aliphatic rings. The molecular weight excluding hydrogens is 295 g/mol. The molecule has 0 aliphatic heterocycles. The second-order valence-corrected chi connectivity index (χ2v) is 4.81. The molecule has 0 saturated heterocycles. The number of hydrogen-bond acceptors (Lipinski definition) is 3. The Labute approximate surface area is 125 Å². The number of halogens is 3. The molecule has 0 spiro atoms. The molecule has 1 unspecified atom stereocenters. The highest BCUT2D eigenvalue weighted by Gasteiger charge is 2.30. The Morgan fingerprint density at radius 3 is 2.59 bits per heavy atom. The van der Waals surface area contributed by atoms with Crippen LogP contribution in [0, 0.1) is 0 Å². The number of pyridine rings is 1. The van der Waals surface area contributed by atoms with Gasteiger partial charge >= 0.3 is 6.18 Å². The summed E-state index contributed by atoms with van der Waals surface area (Å²) in [6, 6.07) is 9.31. The number of Topliss-reactive ketones (excluding diaryl/α,β-unsaturated/α-hetero) is 1. The number of aliphatic hydroxyl groups excluding tert-OH is 1. The molecule has 1 atom stereocenters. The van der Waals surface area contributed by atoms with Crippen LogP contribution >= 0.6 is 0 Å². The van der Waals surface area contributed by atoms with Gasteiger partial charge in [-0.2, -0.15) is 13.2 Å². The molecule has 1 aromatic heterocycles. The zero-order valence-corrected chi connectivity index (χ0v) is 11.5. The molecule has 0 amide bonds. The molecule has 0 radical (unpaired) electrons. The van der Waals surface area contributed by atoms with Crippen molar-refractivity contribution in [2.75, 3.05) is 0 Å². The predicted molar refractivity (Wildman–Crippen MR) is 74.2 cm³/mol. The zero-order chi connectivity index (χ0) is 16.2. The summed E-state index contributed by atoms with van der Waals surface area (Å²) < 4.78 is 37.8. The Balaban J connectivity index is 2.01. The topological polar surface area (TPSA) is 50.2 Å². The van der Waals surface area contributed by atoms with Gasteiger partial charge in [0.1, 0.15) is 0 Å². The minimum absolute atomic E-state index is 0.0111. The monoisotopic (exact) mass is 309 g/mol. The van der Waals surface area contributed by atoms with Crippen LogP contribution in [0.4, 0.5) is 13.2 Å². The van der Waals surface area contributed by atoms with Gasteiger partial charge in [-0.3, -0.25) is 9.78 Å². The number of carbonyl (C=O) groups is 1. The lowest BCUT2D eigenvalue weighted by Gasteiger charge is -2.10. The van der Waals surface area contributed by atoms with E-state index in [2.05, 4.69) is 4.98 Å². The highest BCUT2D eigenvalue weighted by Crippen LogP contribution is 2.30. The number of ketones is 1. The lowest BCUT2D eigenvalue weighted by atomic mass is 10.0. The highest BCUT2D eigenvalue weighted by molar-refractivity contribution is 5.96. The van der Waals surface area contributed by atoms with Crippen LogP contribution in [0.25, 0.3) is 0 Å². The van der Waals surface area contributed by atoms with Gasteiger partial charge in [0, 0.05) is 18.2 Å². The van der Waals surface area contributed by atoms with Crippen LogP contribution in [-0.2, 0) is 6.18 Å². The van der Waals surface area contributed by atoms with Crippen LogP contribution < -0.4 is 0 Å². The smallest absolute Gasteiger partial charge is 0.387 e. The average molecular weight is 309 g/mol. The van der Waals surface area contributed by atoms with Crippen LogP contribution in [0.5, 0.6) is 0 Å². The summed E-state index contributed by atoms with van der Waals surface area (Å²) in [5, 5.41) is 9.91. The molecule has 0 aliphatic carbocycles. The van der Waals surface area contributed by atoms with Gasteiger partial charge in [0.15, 0.2) is 5.78 Å². The van der Waals surface area contributed by atoms with E-state index in [0.29, 0.717) is 5.69 Å². The van der Waals surface area contributed by atoms with Crippen molar-refractivity contribution in [3.63, 3.8) is 0 Å². The van der Waals surface area contributed by atoms with Gasteiger partial charge in [0.2, 0.25) is 0 Å². The third kappa shape index (κ3) is 4.14. The van der Waals surface area contributed by atoms with E-state index in [1.54, 1.807) is 18.2 Å². The summed E-state index contributed by atoms with van der Waals surface area (Å²) in [5.74, 6) is -0.443. The highest BCUT2D eigenvalue weighted by atomic mass is 19.4. The van der Waals surface area contributed by atoms with Gasteiger partial charge in [0.05, 0.1) is 17.4 Å². The average Bonchev–Trinajstić information content (AvgIpc) is 2.52. The van der Waals surface area contributed by atoms with E-state index >= 15 is 0 Å². The molecule has 0 fully saturated rings. The van der Waals surface area contributed by atoms with E-state index in [9.17, 15) is 23.1 Å². The third-order valence-corrected chi connectivity index (χ3v) is 3.19. The quantitative estimate of drug-likeness (QED) is 0.855. The SMILES string of the molecule is O=C(CCC(O)c1ccccn1)c1cccc(C(F)(F)F)c1. The van der Waals surface area contributed by atoms with E-state index in [0.717, 1.165) is 12.1 Å². The first-order valence-corrected chi connectivity index (χ1v) is 6.67. The molecule has 3 nitrogen and oxygen atoms in total. The number of aliphatic hydroxyl groups is 1. The molecular formula is C16H14F3NO2. The molecule has 0 bridgehead atoms. The lowest BCUT2D eigenvalue weighted by molar-refractivity contribution is -0.137. The van der Waals surface area contributed by atoms with Crippen molar-refractivity contribution < 1.29 is 23.1 Å². The first-order chi connectivity index (χ1) is 10.4. The zero-order valence-electron chi connectivity index (χ0n) is 11.5. The second-order valence-electron chi connectivity index (χ2n) is 4.81. The largest absolute Gasteiger partial charge is 0.416 e. The number of benzene rings is 1. The van der Waals surface area contributed by atoms with Gasteiger partial charge in [0.25, 0.3) is 0 Å². The standard InChI is InChI=1S/C16H14F3NO2/c17-16(18,19)12-5-3-4-11(10-12)14(21)7-8-15(22)13-6-1-2-9-20-13/h1-6,9-10,15,22H,7-8H2. The maximum atomic E-state index is 12.6. The van der Waals surface area contributed by atoms with Crippen LogP contribution in [0.3, 0.4) is 0 Å². The Morgan fingerprint density at radius 1 is 1.18 bits per heavy atom. The summed E-state index contributed by atoms with van der Waals surface area (Å²) in [6.07, 6.45) is -3.84. The van der Waals surface area contributed by atoms with E-state index in [-0.39, 0.29) is 18.4 Å². The van der Waals surface area contributed by atoms with Gasteiger partial charge in [-0.05, 0) is 30.7 Å². The first kappa shape index (κ1) is 16.2. The summed E-state index contributed by atoms with van der Waals surface area (Å²) in [6.45, 7) is 0. The van der Waals surface area contributed by atoms with Crippen molar-refractivity contribution in [3.05, 3.63) is 65.5 Å². The van der Waals surface area contributed by atoms with Crippen molar-refractivity contribution in [3.8, 4) is 0 Å². The van der Waals surface area contributed by atoms with Crippen molar-refractivity contribution in [1.29, 1.82) is 0 Å². The molecule has 22 heavy (non-hydrogen) atoms. The first-order valence-electron chi connectivity index (χ1n) is 6.67. The molecule has 1 aromatic carbocycles. The molecule has 1 heterocycles.